The van der Waals surface area contributed by atoms with Crippen LogP contribution in [0.3, 0.4) is 0 Å². The molecule has 0 bridgehead atoms. The molecule has 14 heavy (non-hydrogen) atoms. The van der Waals surface area contributed by atoms with Gasteiger partial charge in [0.15, 0.2) is 0 Å². The van der Waals surface area contributed by atoms with Gasteiger partial charge in [0.2, 0.25) is 5.91 Å². The number of carbonyl (C=O) groups is 1. The molecule has 74 valence electrons. The fourth-order valence-corrected chi connectivity index (χ4v) is 1.47. The molecule has 0 aromatic carbocycles. The van der Waals surface area contributed by atoms with Crippen molar-refractivity contribution in [2.24, 2.45) is 5.73 Å². The zero-order valence-corrected chi connectivity index (χ0v) is 7.55. The third-order valence-electron chi connectivity index (χ3n) is 2.28. The van der Waals surface area contributed by atoms with Crippen LogP contribution in [0.25, 0.3) is 0 Å². The van der Waals surface area contributed by atoms with Gasteiger partial charge < -0.3 is 16.4 Å². The van der Waals surface area contributed by atoms with E-state index in [1.807, 2.05) is 0 Å². The Morgan fingerprint density at radius 3 is 2.86 bits per heavy atom. The summed E-state index contributed by atoms with van der Waals surface area (Å²) < 4.78 is 0. The van der Waals surface area contributed by atoms with Gasteiger partial charge in [0.1, 0.15) is 17.7 Å². The van der Waals surface area contributed by atoms with Crippen molar-refractivity contribution < 1.29 is 4.79 Å². The average molecular weight is 193 g/mol. The van der Waals surface area contributed by atoms with E-state index in [4.69, 9.17) is 11.5 Å². The van der Waals surface area contributed by atoms with Crippen LogP contribution in [0.15, 0.2) is 12.4 Å². The van der Waals surface area contributed by atoms with Crippen molar-refractivity contribution >= 4 is 17.5 Å². The Labute approximate surface area is 80.9 Å². The summed E-state index contributed by atoms with van der Waals surface area (Å²) in [7, 11) is 0. The van der Waals surface area contributed by atoms with Crippen LogP contribution in [0.4, 0.5) is 11.6 Å². The smallest absolute Gasteiger partial charge is 0.240 e. The molecule has 0 saturated carbocycles. The van der Waals surface area contributed by atoms with Crippen LogP contribution in [-0.4, -0.2) is 28.5 Å². The molecule has 1 atom stereocenters. The average Bonchev–Trinajstić information content (AvgIpc) is 2.00. The molecule has 1 saturated heterocycles. The van der Waals surface area contributed by atoms with Gasteiger partial charge in [-0.3, -0.25) is 9.78 Å². The molecular formula is C8H11N5O. The Balaban J connectivity index is 2.20. The van der Waals surface area contributed by atoms with Crippen LogP contribution in [0.1, 0.15) is 6.42 Å². The van der Waals surface area contributed by atoms with Crippen molar-refractivity contribution in [3.8, 4) is 0 Å². The lowest BCUT2D eigenvalue weighted by Crippen LogP contribution is -2.55. The summed E-state index contributed by atoms with van der Waals surface area (Å²) in [5, 5.41) is 0. The number of hydrogen-bond acceptors (Lipinski definition) is 5. The molecule has 6 nitrogen and oxygen atoms in total. The van der Waals surface area contributed by atoms with E-state index in [1.165, 1.54) is 6.20 Å². The Morgan fingerprint density at radius 2 is 2.36 bits per heavy atom. The minimum atomic E-state index is -0.333. The molecule has 1 aliphatic rings. The van der Waals surface area contributed by atoms with Gasteiger partial charge in [-0.15, -0.1) is 0 Å². The van der Waals surface area contributed by atoms with Gasteiger partial charge in [0.05, 0.1) is 12.4 Å². The third-order valence-corrected chi connectivity index (χ3v) is 2.28. The first-order valence-electron chi connectivity index (χ1n) is 4.32. The second-order valence-electron chi connectivity index (χ2n) is 3.20. The summed E-state index contributed by atoms with van der Waals surface area (Å²) in [5.41, 5.74) is 10.7. The molecule has 1 aromatic heterocycles. The maximum absolute atomic E-state index is 11.0. The highest BCUT2D eigenvalue weighted by molar-refractivity contribution is 5.85. The third kappa shape index (κ3) is 1.34. The van der Waals surface area contributed by atoms with Crippen molar-refractivity contribution in [1.82, 2.24) is 9.97 Å². The number of nitrogens with zero attached hydrogens (tertiary/aromatic N) is 3. The van der Waals surface area contributed by atoms with Crippen LogP contribution in [0, 0.1) is 0 Å². The summed E-state index contributed by atoms with van der Waals surface area (Å²) in [6, 6.07) is -0.258. The summed E-state index contributed by atoms with van der Waals surface area (Å²) in [6.45, 7) is 0.770. The maximum Gasteiger partial charge on any atom is 0.240 e. The molecule has 1 aliphatic heterocycles. The van der Waals surface area contributed by atoms with E-state index in [0.29, 0.717) is 11.6 Å². The van der Waals surface area contributed by atoms with Crippen molar-refractivity contribution in [3.05, 3.63) is 12.4 Å². The van der Waals surface area contributed by atoms with Gasteiger partial charge in [0.25, 0.3) is 0 Å². The summed E-state index contributed by atoms with van der Waals surface area (Å²) in [6.07, 6.45) is 3.81. The first kappa shape index (κ1) is 8.74. The van der Waals surface area contributed by atoms with Gasteiger partial charge >= 0.3 is 0 Å². The highest BCUT2D eigenvalue weighted by Gasteiger charge is 2.33. The monoisotopic (exact) mass is 193 g/mol. The first-order valence-corrected chi connectivity index (χ1v) is 4.32. The molecule has 0 aliphatic carbocycles. The molecule has 4 N–H and O–H groups in total. The summed E-state index contributed by atoms with van der Waals surface area (Å²) in [4.78, 5) is 20.7. The molecule has 0 radical (unpaired) electrons. The maximum atomic E-state index is 11.0. The van der Waals surface area contributed by atoms with E-state index in [1.54, 1.807) is 11.1 Å². The quantitative estimate of drug-likeness (QED) is 0.635. The molecule has 1 amide bonds. The summed E-state index contributed by atoms with van der Waals surface area (Å²) >= 11 is 0. The Hall–Kier alpha value is -1.85. The van der Waals surface area contributed by atoms with E-state index in [2.05, 4.69) is 9.97 Å². The molecule has 1 fully saturated rings. The second kappa shape index (κ2) is 3.13. The van der Waals surface area contributed by atoms with Gasteiger partial charge in [-0.1, -0.05) is 0 Å². The molecular weight excluding hydrogens is 182 g/mol. The first-order chi connectivity index (χ1) is 6.68. The largest absolute Gasteiger partial charge is 0.382 e. The predicted molar refractivity (Wildman–Crippen MR) is 51.4 cm³/mol. The van der Waals surface area contributed by atoms with Crippen LogP contribution in [0.5, 0.6) is 0 Å². The Bertz CT molecular complexity index is 367. The van der Waals surface area contributed by atoms with E-state index < -0.39 is 0 Å². The number of nitrogen functional groups attached to an aromatic ring is 1. The number of aromatic nitrogens is 2. The standard InChI is InChI=1S/C8H11N5O/c9-6-3-11-4-7(12-6)13-2-1-5(13)8(10)14/h3-5H,1-2H2,(H2,9,12)(H2,10,14). The number of carbonyl (C=O) groups excluding carboxylic acids is 1. The predicted octanol–water partition coefficient (Wildman–Crippen LogP) is -0.877. The number of hydrogen-bond donors (Lipinski definition) is 2. The molecule has 2 rings (SSSR count). The van der Waals surface area contributed by atoms with Crippen LogP contribution >= 0.6 is 0 Å². The normalized spacial score (nSPS) is 20.3. The van der Waals surface area contributed by atoms with E-state index >= 15 is 0 Å². The fraction of sp³-hybridized carbons (Fsp3) is 0.375. The molecule has 2 heterocycles. The molecule has 6 heteroatoms. The second-order valence-corrected chi connectivity index (χ2v) is 3.20. The zero-order chi connectivity index (χ0) is 10.1. The molecule has 0 spiro atoms. The number of anilines is 2. The van der Waals surface area contributed by atoms with E-state index in [-0.39, 0.29) is 11.9 Å². The SMILES string of the molecule is NC(=O)C1CCN1c1cncc(N)n1. The molecule has 1 aromatic rings. The number of amides is 1. The lowest BCUT2D eigenvalue weighted by molar-refractivity contribution is -0.120. The number of nitrogens with two attached hydrogens (primary N) is 2. The van der Waals surface area contributed by atoms with Gasteiger partial charge in [-0.2, -0.15) is 0 Å². The minimum absolute atomic E-state index is 0.258. The zero-order valence-electron chi connectivity index (χ0n) is 7.55. The van der Waals surface area contributed by atoms with E-state index in [9.17, 15) is 4.79 Å². The fourth-order valence-electron chi connectivity index (χ4n) is 1.47. The van der Waals surface area contributed by atoms with E-state index in [0.717, 1.165) is 13.0 Å². The van der Waals surface area contributed by atoms with Gasteiger partial charge in [-0.25, -0.2) is 4.98 Å². The number of primary amides is 1. The lowest BCUT2D eigenvalue weighted by Gasteiger charge is -2.39. The van der Waals surface area contributed by atoms with Crippen molar-refractivity contribution in [1.29, 1.82) is 0 Å². The Morgan fingerprint density at radius 1 is 1.57 bits per heavy atom. The minimum Gasteiger partial charge on any atom is -0.382 e. The van der Waals surface area contributed by atoms with Crippen LogP contribution in [0.2, 0.25) is 0 Å². The topological polar surface area (TPSA) is 98.1 Å². The van der Waals surface area contributed by atoms with Gasteiger partial charge in [0, 0.05) is 6.54 Å². The highest BCUT2D eigenvalue weighted by atomic mass is 16.1. The van der Waals surface area contributed by atoms with Gasteiger partial charge in [-0.05, 0) is 6.42 Å². The van der Waals surface area contributed by atoms with Crippen molar-refractivity contribution in [2.75, 3.05) is 17.2 Å². The summed E-state index contributed by atoms with van der Waals surface area (Å²) in [5.74, 6) is 0.623. The molecule has 1 unspecified atom stereocenters. The van der Waals surface area contributed by atoms with Crippen LogP contribution < -0.4 is 16.4 Å². The highest BCUT2D eigenvalue weighted by Crippen LogP contribution is 2.23. The van der Waals surface area contributed by atoms with Crippen molar-refractivity contribution in [3.63, 3.8) is 0 Å². The number of rotatable bonds is 2. The van der Waals surface area contributed by atoms with Crippen molar-refractivity contribution in [2.45, 2.75) is 12.5 Å². The Kier molecular flexibility index (Phi) is 1.95. The van der Waals surface area contributed by atoms with Crippen LogP contribution in [-0.2, 0) is 4.79 Å². The lowest BCUT2D eigenvalue weighted by atomic mass is 10.0.